The van der Waals surface area contributed by atoms with Gasteiger partial charge in [0.05, 0.1) is 28.0 Å². The molecule has 4 heterocycles. The van der Waals surface area contributed by atoms with Crippen LogP contribution in [0.3, 0.4) is 0 Å². The van der Waals surface area contributed by atoms with Crippen molar-refractivity contribution in [1.29, 1.82) is 0 Å². The molecule has 0 spiro atoms. The van der Waals surface area contributed by atoms with Gasteiger partial charge in [-0.1, -0.05) is 49.4 Å². The third-order valence-corrected chi connectivity index (χ3v) is 9.48. The van der Waals surface area contributed by atoms with Crippen molar-refractivity contribution in [3.8, 4) is 34.2 Å². The zero-order valence-corrected chi connectivity index (χ0v) is 29.7. The molecule has 0 saturated carbocycles. The summed E-state index contributed by atoms with van der Waals surface area (Å²) in [6.45, 7) is -0.436. The molecule has 54 heavy (non-hydrogen) atoms. The summed E-state index contributed by atoms with van der Waals surface area (Å²) in [7, 11) is 0. The standard InChI is InChI=1S/C17H8BrClF3N3O2.C17H9ClF3N3O3/c18-6-7-3-9-10(5-13(21)14(22)15(9)23-7)16-24-27-17(26)25(16)8-1-2-12(20)11(19)4-8;18-11-4-8(1-2-12(11)19)24-16(23-27-17(24)26)10-5-13(20)14(21)15-9(10)3-7(6-25)22-15/h1-2,4-5H,3,6H2;1-2,4-5,25H,3,6H2. The molecule has 0 fully saturated rings. The first kappa shape index (κ1) is 37.0. The molecule has 0 saturated heterocycles. The number of fused-ring (bicyclic) bond motifs is 2. The zero-order valence-electron chi connectivity index (χ0n) is 26.6. The van der Waals surface area contributed by atoms with Crippen molar-refractivity contribution < 1.29 is 40.5 Å². The molecule has 2 aliphatic rings. The van der Waals surface area contributed by atoms with E-state index >= 15 is 0 Å². The normalized spacial score (nSPS) is 13.0. The van der Waals surface area contributed by atoms with E-state index in [1.54, 1.807) is 0 Å². The van der Waals surface area contributed by atoms with Gasteiger partial charge in [-0.2, -0.15) is 0 Å². The number of rotatable bonds is 6. The summed E-state index contributed by atoms with van der Waals surface area (Å²) in [5, 5.41) is 16.5. The molecule has 1 N–H and O–H groups in total. The Labute approximate surface area is 315 Å². The highest BCUT2D eigenvalue weighted by atomic mass is 79.9. The second kappa shape index (κ2) is 14.5. The summed E-state index contributed by atoms with van der Waals surface area (Å²) in [5.41, 5.74) is 1.54. The van der Waals surface area contributed by atoms with Gasteiger partial charge in [0.15, 0.2) is 34.9 Å². The molecule has 0 amide bonds. The van der Waals surface area contributed by atoms with E-state index in [1.807, 2.05) is 0 Å². The van der Waals surface area contributed by atoms with E-state index in [9.17, 15) is 41.0 Å². The molecule has 4 aromatic carbocycles. The van der Waals surface area contributed by atoms with Crippen molar-refractivity contribution in [3.63, 3.8) is 0 Å². The molecule has 0 unspecified atom stereocenters. The van der Waals surface area contributed by atoms with Gasteiger partial charge in [-0.25, -0.2) is 45.1 Å². The van der Waals surface area contributed by atoms with Crippen molar-refractivity contribution in [2.24, 2.45) is 9.98 Å². The Hall–Kier alpha value is -5.30. The van der Waals surface area contributed by atoms with Crippen molar-refractivity contribution in [1.82, 2.24) is 19.4 Å². The van der Waals surface area contributed by atoms with E-state index in [1.165, 1.54) is 24.3 Å². The minimum Gasteiger partial charge on any atom is -0.390 e. The number of benzene rings is 4. The Bertz CT molecular complexity index is 2530. The molecule has 2 aromatic heterocycles. The monoisotopic (exact) mass is 852 g/mol. The van der Waals surface area contributed by atoms with Crippen LogP contribution >= 0.6 is 39.1 Å². The molecule has 11 nitrogen and oxygen atoms in total. The average Bonchev–Trinajstić information content (AvgIpc) is 3.96. The minimum atomic E-state index is -1.20. The Kier molecular flexibility index (Phi) is 9.94. The summed E-state index contributed by atoms with van der Waals surface area (Å²) in [6, 6.07) is 8.85. The maximum absolute atomic E-state index is 14.2. The minimum absolute atomic E-state index is 0.0452. The van der Waals surface area contributed by atoms with Crippen molar-refractivity contribution in [3.05, 3.63) is 126 Å². The fraction of sp³-hybridized carbons (Fsp3) is 0.118. The van der Waals surface area contributed by atoms with Crippen LogP contribution in [0.2, 0.25) is 10.0 Å². The second-order valence-electron chi connectivity index (χ2n) is 11.5. The summed E-state index contributed by atoms with van der Waals surface area (Å²) in [5.74, 6) is -7.95. The van der Waals surface area contributed by atoms with Crippen molar-refractivity contribution in [2.75, 3.05) is 11.9 Å². The molecular formula is C34H17BrCl2F6N6O5. The number of aliphatic hydroxyl groups is 1. The molecule has 0 atom stereocenters. The third kappa shape index (κ3) is 6.48. The number of halogens is 9. The lowest BCUT2D eigenvalue weighted by molar-refractivity contribution is 0.356. The Morgan fingerprint density at radius 2 is 1.09 bits per heavy atom. The Morgan fingerprint density at radius 1 is 0.667 bits per heavy atom. The van der Waals surface area contributed by atoms with Crippen LogP contribution in [0.5, 0.6) is 0 Å². The number of hydrogen-bond donors (Lipinski definition) is 1. The van der Waals surface area contributed by atoms with Gasteiger partial charge < -0.3 is 5.11 Å². The van der Waals surface area contributed by atoms with E-state index in [0.717, 1.165) is 33.4 Å². The summed E-state index contributed by atoms with van der Waals surface area (Å²) >= 11 is 14.8. The Balaban J connectivity index is 0.000000167. The molecule has 6 aromatic rings. The van der Waals surface area contributed by atoms with Gasteiger partial charge >= 0.3 is 11.5 Å². The predicted octanol–water partition coefficient (Wildman–Crippen LogP) is 7.77. The SMILES string of the molecule is O=c1onc(-c2cc(F)c(F)c3c2CC(CBr)=N3)n1-c1ccc(F)c(Cl)c1.O=c1onc(-c2cc(F)c(F)c3c2CC(CO)=N3)n1-c1ccc(F)c(Cl)c1. The highest BCUT2D eigenvalue weighted by Gasteiger charge is 2.30. The van der Waals surface area contributed by atoms with E-state index < -0.39 is 53.0 Å². The van der Waals surface area contributed by atoms with Crippen LogP contribution in [0.25, 0.3) is 34.2 Å². The first-order valence-corrected chi connectivity index (χ1v) is 17.1. The van der Waals surface area contributed by atoms with Crippen LogP contribution in [0, 0.1) is 34.9 Å². The van der Waals surface area contributed by atoms with Crippen LogP contribution in [0.1, 0.15) is 11.1 Å². The maximum Gasteiger partial charge on any atom is 0.446 e. The number of aromatic nitrogens is 4. The Morgan fingerprint density at radius 3 is 1.50 bits per heavy atom. The van der Waals surface area contributed by atoms with Crippen molar-refractivity contribution in [2.45, 2.75) is 12.8 Å². The first-order valence-electron chi connectivity index (χ1n) is 15.2. The molecule has 20 heteroatoms. The van der Waals surface area contributed by atoms with E-state index in [2.05, 4.69) is 40.8 Å². The van der Waals surface area contributed by atoms with Gasteiger partial charge in [-0.15, -0.1) is 0 Å². The van der Waals surface area contributed by atoms with Crippen LogP contribution in [-0.2, 0) is 12.8 Å². The molecule has 0 bridgehead atoms. The molecule has 0 radical (unpaired) electrons. The molecule has 276 valence electrons. The zero-order chi connectivity index (χ0) is 38.6. The number of aliphatic imine (C=N–C) groups is 2. The van der Waals surface area contributed by atoms with Gasteiger partial charge in [-0.3, -0.25) is 19.0 Å². The lowest BCUT2D eigenvalue weighted by Gasteiger charge is -2.10. The fourth-order valence-electron chi connectivity index (χ4n) is 5.81. The van der Waals surface area contributed by atoms with Gasteiger partial charge in [0.2, 0.25) is 0 Å². The van der Waals surface area contributed by atoms with Gasteiger partial charge in [0, 0.05) is 40.7 Å². The molecule has 8 rings (SSSR count). The fourth-order valence-corrected chi connectivity index (χ4v) is 6.48. The highest BCUT2D eigenvalue weighted by Crippen LogP contribution is 2.40. The maximum atomic E-state index is 14.2. The molecule has 0 aliphatic carbocycles. The first-order chi connectivity index (χ1) is 25.8. The van der Waals surface area contributed by atoms with E-state index in [-0.39, 0.29) is 79.7 Å². The number of aliphatic hydroxyl groups excluding tert-OH is 1. The lowest BCUT2D eigenvalue weighted by Crippen LogP contribution is -2.14. The lowest BCUT2D eigenvalue weighted by atomic mass is 10.0. The van der Waals surface area contributed by atoms with Gasteiger partial charge in [0.25, 0.3) is 0 Å². The quantitative estimate of drug-likeness (QED) is 0.133. The number of nitrogens with zero attached hydrogens (tertiary/aromatic N) is 6. The predicted molar refractivity (Wildman–Crippen MR) is 187 cm³/mol. The second-order valence-corrected chi connectivity index (χ2v) is 12.9. The summed E-state index contributed by atoms with van der Waals surface area (Å²) < 4.78 is 94.7. The largest absolute Gasteiger partial charge is 0.446 e. The molecular weight excluding hydrogens is 837 g/mol. The molecule has 2 aliphatic heterocycles. The van der Waals surface area contributed by atoms with E-state index in [0.29, 0.717) is 16.6 Å². The van der Waals surface area contributed by atoms with Gasteiger partial charge in [0.1, 0.15) is 23.0 Å². The average molecular weight is 854 g/mol. The number of hydrogen-bond acceptors (Lipinski definition) is 9. The summed E-state index contributed by atoms with van der Waals surface area (Å²) in [4.78, 5) is 32.3. The van der Waals surface area contributed by atoms with Crippen LogP contribution in [-0.4, -0.2) is 47.9 Å². The smallest absolute Gasteiger partial charge is 0.390 e. The van der Waals surface area contributed by atoms with Crippen LogP contribution < -0.4 is 11.5 Å². The highest BCUT2D eigenvalue weighted by molar-refractivity contribution is 9.09. The van der Waals surface area contributed by atoms with Crippen LogP contribution in [0.4, 0.5) is 37.7 Å². The summed E-state index contributed by atoms with van der Waals surface area (Å²) in [6.07, 6.45) is 0.294. The van der Waals surface area contributed by atoms with Crippen molar-refractivity contribution >= 4 is 61.9 Å². The van der Waals surface area contributed by atoms with Gasteiger partial charge in [-0.05, 0) is 59.7 Å². The van der Waals surface area contributed by atoms with Crippen LogP contribution in [0.15, 0.2) is 77.2 Å². The third-order valence-electron chi connectivity index (χ3n) is 8.25. The topological polar surface area (TPSA) is 141 Å². The number of alkyl halides is 1. The van der Waals surface area contributed by atoms with E-state index in [4.69, 9.17) is 27.7 Å².